The van der Waals surface area contributed by atoms with Crippen LogP contribution in [-0.4, -0.2) is 92.1 Å². The van der Waals surface area contributed by atoms with Gasteiger partial charge in [0.05, 0.1) is 25.4 Å². The molecule has 2 saturated heterocycles. The molecule has 2 aliphatic heterocycles. The van der Waals surface area contributed by atoms with Crippen LogP contribution in [0.5, 0.6) is 0 Å². The molecule has 144 valence electrons. The van der Waals surface area contributed by atoms with E-state index in [1.165, 1.54) is 21.0 Å². The maximum absolute atomic E-state index is 12.7. The summed E-state index contributed by atoms with van der Waals surface area (Å²) in [5.41, 5.74) is 0.295. The molecule has 2 aliphatic rings. The lowest BCUT2D eigenvalue weighted by Gasteiger charge is -2.37. The molecule has 0 saturated carbocycles. The quantitative estimate of drug-likeness (QED) is 0.616. The van der Waals surface area contributed by atoms with Gasteiger partial charge in [-0.3, -0.25) is 0 Å². The van der Waals surface area contributed by atoms with Crippen molar-refractivity contribution < 1.29 is 22.7 Å². The number of anilines is 1. The zero-order chi connectivity index (χ0) is 18.6. The summed E-state index contributed by atoms with van der Waals surface area (Å²) in [6.07, 6.45) is 2.86. The molecular formula is C15H23N5O5S. The van der Waals surface area contributed by atoms with Crippen LogP contribution in [0.4, 0.5) is 5.95 Å². The summed E-state index contributed by atoms with van der Waals surface area (Å²) < 4.78 is 38.4. The van der Waals surface area contributed by atoms with Gasteiger partial charge in [-0.25, -0.2) is 14.8 Å². The van der Waals surface area contributed by atoms with Crippen LogP contribution in [0.3, 0.4) is 0 Å². The van der Waals surface area contributed by atoms with Gasteiger partial charge in [0.2, 0.25) is 5.95 Å². The first-order valence-corrected chi connectivity index (χ1v) is 9.99. The van der Waals surface area contributed by atoms with Gasteiger partial charge >= 0.3 is 5.97 Å². The molecule has 1 aromatic heterocycles. The minimum atomic E-state index is -3.46. The lowest BCUT2D eigenvalue weighted by atomic mass is 10.3. The first kappa shape index (κ1) is 19.0. The molecular weight excluding hydrogens is 362 g/mol. The van der Waals surface area contributed by atoms with Crippen LogP contribution in [0.25, 0.3) is 0 Å². The molecule has 1 aromatic rings. The van der Waals surface area contributed by atoms with E-state index >= 15 is 0 Å². The molecule has 0 N–H and O–H groups in total. The second kappa shape index (κ2) is 8.25. The summed E-state index contributed by atoms with van der Waals surface area (Å²) in [7, 11) is -3.46. The van der Waals surface area contributed by atoms with Gasteiger partial charge in [0.25, 0.3) is 10.2 Å². The minimum absolute atomic E-state index is 0.292. The van der Waals surface area contributed by atoms with E-state index in [0.29, 0.717) is 70.6 Å². The number of morpholine rings is 1. The lowest BCUT2D eigenvalue weighted by molar-refractivity contribution is 0.0525. The summed E-state index contributed by atoms with van der Waals surface area (Å²) in [6, 6.07) is 0. The zero-order valence-corrected chi connectivity index (χ0v) is 15.5. The maximum atomic E-state index is 12.7. The summed E-state index contributed by atoms with van der Waals surface area (Å²) in [5.74, 6) is 0.0157. The SMILES string of the molecule is CCOC(=O)c1cnc(N2CCN(S(=O)(=O)N3CCOCC3)CC2)nc1. The Balaban J connectivity index is 1.59. The highest BCUT2D eigenvalue weighted by Crippen LogP contribution is 2.16. The Morgan fingerprint density at radius 1 is 1.08 bits per heavy atom. The molecule has 0 atom stereocenters. The zero-order valence-electron chi connectivity index (χ0n) is 14.7. The second-order valence-electron chi connectivity index (χ2n) is 5.90. The van der Waals surface area contributed by atoms with Crippen molar-refractivity contribution in [1.29, 1.82) is 0 Å². The third-order valence-electron chi connectivity index (χ3n) is 4.29. The molecule has 0 aromatic carbocycles. The van der Waals surface area contributed by atoms with Crippen LogP contribution >= 0.6 is 0 Å². The number of aromatic nitrogens is 2. The Kier molecular flexibility index (Phi) is 6.01. The van der Waals surface area contributed by atoms with Crippen molar-refractivity contribution in [3.63, 3.8) is 0 Å². The van der Waals surface area contributed by atoms with E-state index in [9.17, 15) is 13.2 Å². The van der Waals surface area contributed by atoms with Crippen LogP contribution in [-0.2, 0) is 19.7 Å². The Hall–Kier alpha value is -1.82. The molecule has 0 unspecified atom stereocenters. The molecule has 3 heterocycles. The average Bonchev–Trinajstić information content (AvgIpc) is 2.69. The number of rotatable bonds is 5. The van der Waals surface area contributed by atoms with E-state index in [1.54, 1.807) is 6.92 Å². The van der Waals surface area contributed by atoms with Crippen LogP contribution < -0.4 is 4.90 Å². The summed E-state index contributed by atoms with van der Waals surface area (Å²) in [4.78, 5) is 21.9. The standard InChI is InChI=1S/C15H23N5O5S/c1-2-25-14(21)13-11-16-15(17-12-13)18-3-5-19(6-4-18)26(22,23)20-7-9-24-10-8-20/h11-12H,2-10H2,1H3. The van der Waals surface area contributed by atoms with E-state index in [2.05, 4.69) is 9.97 Å². The second-order valence-corrected chi connectivity index (χ2v) is 7.83. The van der Waals surface area contributed by atoms with Crippen molar-refractivity contribution >= 4 is 22.1 Å². The Bertz CT molecular complexity index is 712. The highest BCUT2D eigenvalue weighted by molar-refractivity contribution is 7.86. The number of hydrogen-bond donors (Lipinski definition) is 0. The summed E-state index contributed by atoms with van der Waals surface area (Å²) >= 11 is 0. The molecule has 26 heavy (non-hydrogen) atoms. The average molecular weight is 385 g/mol. The fraction of sp³-hybridized carbons (Fsp3) is 0.667. The Morgan fingerprint density at radius 3 is 2.23 bits per heavy atom. The van der Waals surface area contributed by atoms with Crippen LogP contribution in [0.2, 0.25) is 0 Å². The third kappa shape index (κ3) is 4.11. The van der Waals surface area contributed by atoms with Crippen molar-refractivity contribution in [1.82, 2.24) is 18.6 Å². The van der Waals surface area contributed by atoms with Crippen LogP contribution in [0.15, 0.2) is 12.4 Å². The molecule has 3 rings (SSSR count). The number of carbonyl (C=O) groups is 1. The number of carbonyl (C=O) groups excluding carboxylic acids is 1. The Morgan fingerprint density at radius 2 is 1.65 bits per heavy atom. The van der Waals surface area contributed by atoms with E-state index in [4.69, 9.17) is 9.47 Å². The van der Waals surface area contributed by atoms with Crippen molar-refractivity contribution in [3.05, 3.63) is 18.0 Å². The number of ether oxygens (including phenoxy) is 2. The van der Waals surface area contributed by atoms with Gasteiger partial charge in [-0.15, -0.1) is 0 Å². The molecule has 0 aliphatic carbocycles. The highest BCUT2D eigenvalue weighted by Gasteiger charge is 2.33. The number of nitrogens with zero attached hydrogens (tertiary/aromatic N) is 5. The summed E-state index contributed by atoms with van der Waals surface area (Å²) in [6.45, 7) is 5.37. The normalized spacial score (nSPS) is 20.1. The predicted octanol–water partition coefficient (Wildman–Crippen LogP) is -0.648. The van der Waals surface area contributed by atoms with E-state index in [-0.39, 0.29) is 0 Å². The van der Waals surface area contributed by atoms with Crippen LogP contribution in [0, 0.1) is 0 Å². The molecule has 0 amide bonds. The van der Waals surface area contributed by atoms with Crippen molar-refractivity contribution in [2.24, 2.45) is 0 Å². The molecule has 0 spiro atoms. The molecule has 11 heteroatoms. The van der Waals surface area contributed by atoms with E-state index < -0.39 is 16.2 Å². The molecule has 10 nitrogen and oxygen atoms in total. The van der Waals surface area contributed by atoms with Gasteiger partial charge in [0, 0.05) is 51.7 Å². The van der Waals surface area contributed by atoms with Gasteiger partial charge in [-0.2, -0.15) is 17.0 Å². The fourth-order valence-electron chi connectivity index (χ4n) is 2.86. The number of piperazine rings is 1. The van der Waals surface area contributed by atoms with Gasteiger partial charge in [-0.05, 0) is 6.92 Å². The number of esters is 1. The van der Waals surface area contributed by atoms with Crippen molar-refractivity contribution in [2.75, 3.05) is 64.0 Å². The van der Waals surface area contributed by atoms with Crippen molar-refractivity contribution in [2.45, 2.75) is 6.92 Å². The predicted molar refractivity (Wildman–Crippen MR) is 93.1 cm³/mol. The lowest BCUT2D eigenvalue weighted by Crippen LogP contribution is -2.55. The van der Waals surface area contributed by atoms with E-state index in [1.807, 2.05) is 4.90 Å². The monoisotopic (exact) mass is 385 g/mol. The largest absolute Gasteiger partial charge is 0.462 e. The van der Waals surface area contributed by atoms with E-state index in [0.717, 1.165) is 0 Å². The molecule has 0 radical (unpaired) electrons. The fourth-order valence-corrected chi connectivity index (χ4v) is 4.43. The van der Waals surface area contributed by atoms with Gasteiger partial charge in [0.1, 0.15) is 0 Å². The first-order valence-electron chi connectivity index (χ1n) is 8.59. The maximum Gasteiger partial charge on any atom is 0.341 e. The van der Waals surface area contributed by atoms with Gasteiger partial charge < -0.3 is 14.4 Å². The highest BCUT2D eigenvalue weighted by atomic mass is 32.2. The molecule has 0 bridgehead atoms. The smallest absolute Gasteiger partial charge is 0.341 e. The Labute approximate surface area is 152 Å². The number of hydrogen-bond acceptors (Lipinski definition) is 8. The van der Waals surface area contributed by atoms with Gasteiger partial charge in [-0.1, -0.05) is 0 Å². The first-order chi connectivity index (χ1) is 12.5. The topological polar surface area (TPSA) is 105 Å². The van der Waals surface area contributed by atoms with Crippen molar-refractivity contribution in [3.8, 4) is 0 Å². The van der Waals surface area contributed by atoms with Gasteiger partial charge in [0.15, 0.2) is 0 Å². The third-order valence-corrected chi connectivity index (χ3v) is 6.33. The van der Waals surface area contributed by atoms with Crippen LogP contribution in [0.1, 0.15) is 17.3 Å². The summed E-state index contributed by atoms with van der Waals surface area (Å²) in [5, 5.41) is 0. The minimum Gasteiger partial charge on any atom is -0.462 e. The molecule has 2 fully saturated rings.